The Morgan fingerprint density at radius 2 is 1.87 bits per heavy atom. The molecule has 0 radical (unpaired) electrons. The van der Waals surface area contributed by atoms with E-state index in [0.717, 1.165) is 11.3 Å². The average Bonchev–Trinajstić information content (AvgIpc) is 3.59. The lowest BCUT2D eigenvalue weighted by Crippen LogP contribution is -2.47. The first-order valence-corrected chi connectivity index (χ1v) is 13.8. The number of aryl methyl sites for hydroxylation is 1. The predicted molar refractivity (Wildman–Crippen MR) is 144 cm³/mol. The fourth-order valence-corrected chi connectivity index (χ4v) is 6.28. The second kappa shape index (κ2) is 11.6. The molecule has 0 aliphatic rings. The summed E-state index contributed by atoms with van der Waals surface area (Å²) in [4.78, 5) is 13.3. The highest BCUT2D eigenvalue weighted by atomic mass is 35.5. The highest BCUT2D eigenvalue weighted by molar-refractivity contribution is 7.89. The number of halogens is 1. The fraction of sp³-hybridized carbons (Fsp3) is 0.222. The Bertz CT molecular complexity index is 1540. The zero-order chi connectivity index (χ0) is 27.3. The van der Waals surface area contributed by atoms with Crippen LogP contribution < -0.4 is 10.0 Å². The van der Waals surface area contributed by atoms with Crippen molar-refractivity contribution >= 4 is 27.5 Å². The molecule has 11 heteroatoms. The van der Waals surface area contributed by atoms with Crippen LogP contribution >= 0.6 is 11.6 Å². The first kappa shape index (κ1) is 27.1. The van der Waals surface area contributed by atoms with E-state index < -0.39 is 22.0 Å². The zero-order valence-corrected chi connectivity index (χ0v) is 22.4. The molecular weight excluding hydrogens is 524 g/mol. The number of rotatable bonds is 10. The Labute approximate surface area is 226 Å². The van der Waals surface area contributed by atoms with E-state index >= 15 is 0 Å². The SMILES string of the molecule is Cc1cccc(Cl)c1S(=O)(=O)NC(CC(C)n1cccc1C#N)C(=O)NCc1ccc(-n2cccn2)cc1. The summed E-state index contributed by atoms with van der Waals surface area (Å²) in [5.74, 6) is -0.494. The van der Waals surface area contributed by atoms with Crippen molar-refractivity contribution in [1.82, 2.24) is 24.4 Å². The Kier molecular flexibility index (Phi) is 8.32. The molecular formula is C27H27ClN6O3S. The zero-order valence-electron chi connectivity index (χ0n) is 20.9. The molecule has 2 heterocycles. The normalized spacial score (nSPS) is 13.0. The molecule has 4 rings (SSSR count). The molecule has 4 aromatic rings. The van der Waals surface area contributed by atoms with Crippen molar-refractivity contribution < 1.29 is 13.2 Å². The molecule has 9 nitrogen and oxygen atoms in total. The highest BCUT2D eigenvalue weighted by Gasteiger charge is 2.30. The van der Waals surface area contributed by atoms with Gasteiger partial charge >= 0.3 is 0 Å². The summed E-state index contributed by atoms with van der Waals surface area (Å²) >= 11 is 6.23. The molecule has 2 atom stereocenters. The van der Waals surface area contributed by atoms with Crippen LogP contribution in [0.1, 0.15) is 36.2 Å². The van der Waals surface area contributed by atoms with Crippen LogP contribution in [0.2, 0.25) is 5.02 Å². The van der Waals surface area contributed by atoms with Crippen LogP contribution in [0.4, 0.5) is 0 Å². The quantitative estimate of drug-likeness (QED) is 0.307. The van der Waals surface area contributed by atoms with Gasteiger partial charge in [-0.2, -0.15) is 15.1 Å². The van der Waals surface area contributed by atoms with Crippen molar-refractivity contribution in [3.05, 3.63) is 101 Å². The van der Waals surface area contributed by atoms with Gasteiger partial charge < -0.3 is 9.88 Å². The fourth-order valence-electron chi connectivity index (χ4n) is 4.24. The molecule has 2 aromatic carbocycles. The molecule has 2 aromatic heterocycles. The van der Waals surface area contributed by atoms with Crippen molar-refractivity contribution in [2.45, 2.75) is 43.8 Å². The number of benzene rings is 2. The number of carbonyl (C=O) groups excluding carboxylic acids is 1. The van der Waals surface area contributed by atoms with Gasteiger partial charge in [-0.05, 0) is 67.8 Å². The second-order valence-corrected chi connectivity index (χ2v) is 10.9. The standard InChI is InChI=1S/C27H27ClN6O3S/c1-19-6-3-8-24(28)26(19)38(36,37)32-25(16-20(2)33-14-4-7-23(33)17-29)27(35)30-18-21-9-11-22(12-10-21)34-15-5-13-31-34/h3-15,20,25,32H,16,18H2,1-2H3,(H,30,35). The van der Waals surface area contributed by atoms with E-state index in [9.17, 15) is 18.5 Å². The van der Waals surface area contributed by atoms with Gasteiger partial charge in [-0.15, -0.1) is 0 Å². The highest BCUT2D eigenvalue weighted by Crippen LogP contribution is 2.26. The van der Waals surface area contributed by atoms with Crippen molar-refractivity contribution in [2.75, 3.05) is 0 Å². The maximum atomic E-state index is 13.4. The first-order chi connectivity index (χ1) is 18.2. The summed E-state index contributed by atoms with van der Waals surface area (Å²) in [7, 11) is -4.14. The van der Waals surface area contributed by atoms with Crippen molar-refractivity contribution in [2.24, 2.45) is 0 Å². The van der Waals surface area contributed by atoms with Gasteiger partial charge in [0.25, 0.3) is 0 Å². The summed E-state index contributed by atoms with van der Waals surface area (Å²) in [6.45, 7) is 3.66. The van der Waals surface area contributed by atoms with Gasteiger partial charge in [0.1, 0.15) is 22.7 Å². The van der Waals surface area contributed by atoms with Crippen molar-refractivity contribution in [3.63, 3.8) is 0 Å². The minimum atomic E-state index is -4.14. The minimum absolute atomic E-state index is 0.0687. The predicted octanol–water partition coefficient (Wildman–Crippen LogP) is 4.12. The van der Waals surface area contributed by atoms with E-state index in [0.29, 0.717) is 11.3 Å². The van der Waals surface area contributed by atoms with E-state index in [1.54, 1.807) is 52.8 Å². The van der Waals surface area contributed by atoms with Crippen LogP contribution in [0, 0.1) is 18.3 Å². The maximum absolute atomic E-state index is 13.4. The van der Waals surface area contributed by atoms with Crippen molar-refractivity contribution in [1.29, 1.82) is 5.26 Å². The molecule has 0 bridgehead atoms. The molecule has 2 unspecified atom stereocenters. The van der Waals surface area contributed by atoms with Crippen LogP contribution in [0.25, 0.3) is 5.69 Å². The number of nitrogens with one attached hydrogen (secondary N) is 2. The van der Waals surface area contributed by atoms with Crippen LogP contribution in [0.15, 0.2) is 84.1 Å². The number of sulfonamides is 1. The monoisotopic (exact) mass is 550 g/mol. The topological polar surface area (TPSA) is 122 Å². The van der Waals surface area contributed by atoms with Gasteiger partial charge in [-0.3, -0.25) is 4.79 Å². The molecule has 2 N–H and O–H groups in total. The molecule has 196 valence electrons. The number of nitrogens with zero attached hydrogens (tertiary/aromatic N) is 4. The number of nitriles is 1. The number of hydrogen-bond donors (Lipinski definition) is 2. The summed E-state index contributed by atoms with van der Waals surface area (Å²) in [5, 5.41) is 16.5. The minimum Gasteiger partial charge on any atom is -0.351 e. The van der Waals surface area contributed by atoms with E-state index in [4.69, 9.17) is 11.6 Å². The number of hydrogen-bond acceptors (Lipinski definition) is 5. The number of carbonyl (C=O) groups is 1. The largest absolute Gasteiger partial charge is 0.351 e. The van der Waals surface area contributed by atoms with Gasteiger partial charge in [0.05, 0.1) is 10.7 Å². The van der Waals surface area contributed by atoms with Crippen LogP contribution in [-0.2, 0) is 21.4 Å². The third-order valence-corrected chi connectivity index (χ3v) is 8.26. The second-order valence-electron chi connectivity index (χ2n) is 8.89. The molecule has 0 saturated carbocycles. The van der Waals surface area contributed by atoms with Crippen LogP contribution in [-0.4, -0.2) is 34.7 Å². The van der Waals surface area contributed by atoms with Crippen LogP contribution in [0.3, 0.4) is 0 Å². The Morgan fingerprint density at radius 1 is 1.11 bits per heavy atom. The van der Waals surface area contributed by atoms with Crippen molar-refractivity contribution in [3.8, 4) is 11.8 Å². The summed E-state index contributed by atoms with van der Waals surface area (Å²) in [6.07, 6.45) is 5.35. The maximum Gasteiger partial charge on any atom is 0.243 e. The van der Waals surface area contributed by atoms with Gasteiger partial charge in [0, 0.05) is 31.2 Å². The number of aromatic nitrogens is 3. The summed E-state index contributed by atoms with van der Waals surface area (Å²) < 4.78 is 32.7. The van der Waals surface area contributed by atoms with Gasteiger partial charge in [0.2, 0.25) is 15.9 Å². The third kappa shape index (κ3) is 6.14. The molecule has 0 fully saturated rings. The molecule has 0 saturated heterocycles. The lowest BCUT2D eigenvalue weighted by molar-refractivity contribution is -0.123. The van der Waals surface area contributed by atoms with E-state index in [1.807, 2.05) is 43.5 Å². The summed E-state index contributed by atoms with van der Waals surface area (Å²) in [5.41, 5.74) is 2.59. The molecule has 0 aliphatic heterocycles. The smallest absolute Gasteiger partial charge is 0.243 e. The van der Waals surface area contributed by atoms with E-state index in [-0.39, 0.29) is 28.9 Å². The van der Waals surface area contributed by atoms with E-state index in [1.165, 1.54) is 6.07 Å². The van der Waals surface area contributed by atoms with Gasteiger partial charge in [-0.25, -0.2) is 13.1 Å². The lowest BCUT2D eigenvalue weighted by atomic mass is 10.1. The van der Waals surface area contributed by atoms with E-state index in [2.05, 4.69) is 21.2 Å². The first-order valence-electron chi connectivity index (χ1n) is 11.9. The van der Waals surface area contributed by atoms with Gasteiger partial charge in [0.15, 0.2) is 0 Å². The molecule has 38 heavy (non-hydrogen) atoms. The Hall–Kier alpha value is -3.91. The summed E-state index contributed by atoms with van der Waals surface area (Å²) in [6, 6.07) is 18.2. The Morgan fingerprint density at radius 3 is 2.53 bits per heavy atom. The Balaban J connectivity index is 1.54. The third-order valence-electron chi connectivity index (χ3n) is 6.16. The average molecular weight is 551 g/mol. The molecule has 1 amide bonds. The van der Waals surface area contributed by atoms with Gasteiger partial charge in [-0.1, -0.05) is 35.9 Å². The van der Waals surface area contributed by atoms with Crippen LogP contribution in [0.5, 0.6) is 0 Å². The lowest BCUT2D eigenvalue weighted by Gasteiger charge is -2.24. The number of amides is 1. The molecule has 0 aliphatic carbocycles. The molecule has 0 spiro atoms.